The van der Waals surface area contributed by atoms with E-state index in [0.29, 0.717) is 19.3 Å². The molecule has 78 heavy (non-hydrogen) atoms. The number of allylic oxidation sites excluding steroid dienone is 12. The Morgan fingerprint density at radius 3 is 1.06 bits per heavy atom. The van der Waals surface area contributed by atoms with E-state index < -0.39 is 57.8 Å². The Morgan fingerprint density at radius 1 is 0.372 bits per heavy atom. The summed E-state index contributed by atoms with van der Waals surface area (Å²) in [6, 6.07) is 0. The van der Waals surface area contributed by atoms with Gasteiger partial charge in [-0.25, -0.2) is 4.57 Å². The summed E-state index contributed by atoms with van der Waals surface area (Å²) < 4.78 is 39.7. The van der Waals surface area contributed by atoms with Crippen LogP contribution in [0.3, 0.4) is 0 Å². The summed E-state index contributed by atoms with van der Waals surface area (Å²) in [4.78, 5) is 48.7. The molecule has 0 aliphatic carbocycles. The summed E-state index contributed by atoms with van der Waals surface area (Å²) in [5.41, 5.74) is 0. The monoisotopic (exact) mass is 1120 g/mol. The molecule has 0 saturated carbocycles. The first-order chi connectivity index (χ1) is 38.2. The highest BCUT2D eigenvalue weighted by Gasteiger charge is 2.28. The molecule has 0 aromatic heterocycles. The van der Waals surface area contributed by atoms with Crippen molar-refractivity contribution in [1.82, 2.24) is 0 Å². The Morgan fingerprint density at radius 2 is 0.667 bits per heavy atom. The van der Waals surface area contributed by atoms with Gasteiger partial charge in [0.1, 0.15) is 12.7 Å². The van der Waals surface area contributed by atoms with E-state index in [4.69, 9.17) is 23.3 Å². The standard InChI is InChI=1S/C66H117O11P/c1-4-7-10-13-16-19-22-25-28-30-31-33-36-39-42-45-48-51-54-57-66(70)77-63(59-73-64(68)55-52-49-46-43-40-37-35-32-29-26-23-20-17-14-11-8-5-2)61-75-78(71,72)74-60-62(58-67)76-65(69)56-53-50-47-44-41-38-34-27-24-21-18-15-12-9-6-3/h9,12,17-18,20-21,25-29,34,62-63,67H,4-8,10-11,13-16,19,22-24,30-33,35-61H2,1-3H3,(H,71,72)/b12-9-,20-17-,21-18-,28-25-,29-26-,34-27-. The van der Waals surface area contributed by atoms with Crippen molar-refractivity contribution in [2.75, 3.05) is 26.4 Å². The third kappa shape index (κ3) is 57.6. The Hall–Kier alpha value is -3.08. The van der Waals surface area contributed by atoms with Gasteiger partial charge in [-0.2, -0.15) is 0 Å². The van der Waals surface area contributed by atoms with Crippen LogP contribution in [0.1, 0.15) is 290 Å². The number of phosphoric acid groups is 1. The van der Waals surface area contributed by atoms with Gasteiger partial charge in [0.05, 0.1) is 19.8 Å². The van der Waals surface area contributed by atoms with Gasteiger partial charge >= 0.3 is 25.7 Å². The Bertz CT molecular complexity index is 1590. The molecule has 0 radical (unpaired) electrons. The molecule has 11 nitrogen and oxygen atoms in total. The predicted molar refractivity (Wildman–Crippen MR) is 325 cm³/mol. The number of rotatable bonds is 59. The van der Waals surface area contributed by atoms with Gasteiger partial charge in [-0.05, 0) is 109 Å². The molecule has 0 aromatic carbocycles. The molecule has 0 aromatic rings. The van der Waals surface area contributed by atoms with E-state index in [1.54, 1.807) is 0 Å². The van der Waals surface area contributed by atoms with Crippen LogP contribution in [0.25, 0.3) is 0 Å². The van der Waals surface area contributed by atoms with Gasteiger partial charge in [0.15, 0.2) is 6.10 Å². The lowest BCUT2D eigenvalue weighted by atomic mass is 10.1. The van der Waals surface area contributed by atoms with Gasteiger partial charge in [-0.1, -0.05) is 235 Å². The maximum absolute atomic E-state index is 13.0. The molecular formula is C66H117O11P. The molecule has 12 heteroatoms. The van der Waals surface area contributed by atoms with Gasteiger partial charge in [0.2, 0.25) is 0 Å². The third-order valence-electron chi connectivity index (χ3n) is 13.6. The maximum Gasteiger partial charge on any atom is 0.472 e. The number of carbonyl (C=O) groups excluding carboxylic acids is 3. The van der Waals surface area contributed by atoms with Crippen molar-refractivity contribution in [3.63, 3.8) is 0 Å². The zero-order chi connectivity index (χ0) is 56.9. The fourth-order valence-electron chi connectivity index (χ4n) is 8.75. The van der Waals surface area contributed by atoms with E-state index in [0.717, 1.165) is 103 Å². The Labute approximate surface area is 478 Å². The largest absolute Gasteiger partial charge is 0.472 e. The number of ether oxygens (including phenoxy) is 3. The highest BCUT2D eigenvalue weighted by Crippen LogP contribution is 2.43. The van der Waals surface area contributed by atoms with Crippen LogP contribution < -0.4 is 0 Å². The molecule has 0 bridgehead atoms. The predicted octanol–water partition coefficient (Wildman–Crippen LogP) is 19.3. The minimum Gasteiger partial charge on any atom is -0.462 e. The van der Waals surface area contributed by atoms with Gasteiger partial charge in [0.25, 0.3) is 0 Å². The fourth-order valence-corrected chi connectivity index (χ4v) is 9.53. The van der Waals surface area contributed by atoms with Crippen LogP contribution in [0.5, 0.6) is 0 Å². The number of carbonyl (C=O) groups is 3. The lowest BCUT2D eigenvalue weighted by molar-refractivity contribution is -0.161. The Kier molecular flexibility index (Phi) is 57.7. The van der Waals surface area contributed by atoms with E-state index in [-0.39, 0.29) is 25.9 Å². The zero-order valence-electron chi connectivity index (χ0n) is 50.1. The highest BCUT2D eigenvalue weighted by molar-refractivity contribution is 7.47. The average molecular weight is 1120 g/mol. The SMILES string of the molecule is CC/C=C\C/C=C\C/C=C\CCCCCCCC(=O)OC(CO)COP(=O)(O)OCC(COC(=O)CCCCCCCCC/C=C\C/C=C\CCCCC)OC(=O)CCCCCCCCCCC/C=C\CCCCCCCC. The summed E-state index contributed by atoms with van der Waals surface area (Å²) in [7, 11) is -4.76. The van der Waals surface area contributed by atoms with E-state index >= 15 is 0 Å². The summed E-state index contributed by atoms with van der Waals surface area (Å²) in [5.74, 6) is -1.48. The lowest BCUT2D eigenvalue weighted by Gasteiger charge is -2.21. The smallest absolute Gasteiger partial charge is 0.462 e. The number of aliphatic hydroxyl groups excluding tert-OH is 1. The van der Waals surface area contributed by atoms with Crippen molar-refractivity contribution in [3.05, 3.63) is 72.9 Å². The highest BCUT2D eigenvalue weighted by atomic mass is 31.2. The molecule has 0 rings (SSSR count). The molecule has 0 aliphatic rings. The first-order valence-corrected chi connectivity index (χ1v) is 33.3. The van der Waals surface area contributed by atoms with Gasteiger partial charge in [-0.15, -0.1) is 0 Å². The van der Waals surface area contributed by atoms with Crippen molar-refractivity contribution in [2.24, 2.45) is 0 Å². The van der Waals surface area contributed by atoms with E-state index in [1.807, 2.05) is 0 Å². The number of esters is 3. The number of phosphoric ester groups is 1. The molecule has 0 fully saturated rings. The normalized spacial score (nSPS) is 13.8. The van der Waals surface area contributed by atoms with Crippen LogP contribution in [0.4, 0.5) is 0 Å². The van der Waals surface area contributed by atoms with Crippen LogP contribution in [0, 0.1) is 0 Å². The minimum atomic E-state index is -4.76. The number of aliphatic hydroxyl groups is 1. The zero-order valence-corrected chi connectivity index (χ0v) is 51.0. The first kappa shape index (κ1) is 74.9. The summed E-state index contributed by atoms with van der Waals surface area (Å²) in [6.07, 6.45) is 68.5. The molecular weight excluding hydrogens is 1000 g/mol. The molecule has 0 aliphatic heterocycles. The van der Waals surface area contributed by atoms with Crippen LogP contribution in [0.2, 0.25) is 0 Å². The van der Waals surface area contributed by atoms with Gasteiger partial charge in [-0.3, -0.25) is 23.4 Å². The van der Waals surface area contributed by atoms with Crippen molar-refractivity contribution >= 4 is 25.7 Å². The topological polar surface area (TPSA) is 155 Å². The summed E-state index contributed by atoms with van der Waals surface area (Å²) >= 11 is 0. The molecule has 2 N–H and O–H groups in total. The van der Waals surface area contributed by atoms with Crippen molar-refractivity contribution in [1.29, 1.82) is 0 Å². The quantitative estimate of drug-likeness (QED) is 0.0197. The molecule has 3 atom stereocenters. The maximum atomic E-state index is 13.0. The molecule has 3 unspecified atom stereocenters. The van der Waals surface area contributed by atoms with Crippen molar-refractivity contribution in [3.8, 4) is 0 Å². The Balaban J connectivity index is 4.72. The second-order valence-electron chi connectivity index (χ2n) is 21.2. The number of unbranched alkanes of at least 4 members (excludes halogenated alkanes) is 30. The lowest BCUT2D eigenvalue weighted by Crippen LogP contribution is -2.30. The fraction of sp³-hybridized carbons (Fsp3) is 0.773. The number of hydrogen-bond donors (Lipinski definition) is 2. The second-order valence-corrected chi connectivity index (χ2v) is 22.6. The van der Waals surface area contributed by atoms with E-state index in [2.05, 4.69) is 93.7 Å². The average Bonchev–Trinajstić information content (AvgIpc) is 3.43. The van der Waals surface area contributed by atoms with Crippen LogP contribution in [-0.2, 0) is 42.2 Å². The molecule has 0 saturated heterocycles. The van der Waals surface area contributed by atoms with Crippen molar-refractivity contribution in [2.45, 2.75) is 303 Å². The van der Waals surface area contributed by atoms with Crippen LogP contribution in [0.15, 0.2) is 72.9 Å². The molecule has 0 heterocycles. The van der Waals surface area contributed by atoms with E-state index in [1.165, 1.54) is 128 Å². The van der Waals surface area contributed by atoms with E-state index in [9.17, 15) is 28.9 Å². The first-order valence-electron chi connectivity index (χ1n) is 31.8. The summed E-state index contributed by atoms with van der Waals surface area (Å²) in [5, 5.41) is 9.84. The number of hydrogen-bond acceptors (Lipinski definition) is 10. The molecule has 452 valence electrons. The van der Waals surface area contributed by atoms with Crippen LogP contribution >= 0.6 is 7.82 Å². The van der Waals surface area contributed by atoms with Crippen molar-refractivity contribution < 1.29 is 52.2 Å². The van der Waals surface area contributed by atoms with Crippen LogP contribution in [-0.4, -0.2) is 66.5 Å². The van der Waals surface area contributed by atoms with Gasteiger partial charge < -0.3 is 24.2 Å². The summed E-state index contributed by atoms with van der Waals surface area (Å²) in [6.45, 7) is 4.51. The minimum absolute atomic E-state index is 0.156. The third-order valence-corrected chi connectivity index (χ3v) is 14.5. The molecule has 0 amide bonds. The molecule has 0 spiro atoms. The van der Waals surface area contributed by atoms with Gasteiger partial charge in [0, 0.05) is 19.3 Å². The second kappa shape index (κ2) is 60.0.